The summed E-state index contributed by atoms with van der Waals surface area (Å²) in [5.74, 6) is -0.896. The van der Waals surface area contributed by atoms with E-state index in [1.54, 1.807) is 13.8 Å². The molecule has 2 aromatic rings. The number of methoxy groups -OCH3 is 5. The van der Waals surface area contributed by atoms with Gasteiger partial charge in [0.15, 0.2) is 0 Å². The van der Waals surface area contributed by atoms with Crippen molar-refractivity contribution in [2.24, 2.45) is 11.8 Å². The highest BCUT2D eigenvalue weighted by atomic mass is 16.6. The summed E-state index contributed by atoms with van der Waals surface area (Å²) in [5, 5.41) is 9.27. The average Bonchev–Trinajstić information content (AvgIpc) is 2.90. The largest absolute Gasteiger partial charge is 0.481 e. The van der Waals surface area contributed by atoms with Crippen LogP contribution in [0, 0.1) is 11.8 Å². The number of carbonyl (C=O) groups is 2. The zero-order valence-corrected chi connectivity index (χ0v) is 23.3. The molecule has 0 aliphatic carbocycles. The highest BCUT2D eigenvalue weighted by Gasteiger charge is 2.40. The summed E-state index contributed by atoms with van der Waals surface area (Å²) in [6, 6.07) is 2.88. The molecule has 2 aromatic heterocycles. The van der Waals surface area contributed by atoms with Crippen LogP contribution in [0.2, 0.25) is 0 Å². The zero-order chi connectivity index (χ0) is 29.0. The van der Waals surface area contributed by atoms with Crippen LogP contribution in [0.4, 0.5) is 0 Å². The van der Waals surface area contributed by atoms with E-state index in [1.165, 1.54) is 54.6 Å². The molecule has 0 aliphatic rings. The summed E-state index contributed by atoms with van der Waals surface area (Å²) in [4.78, 5) is 38.8. The number of nitrogens with zero attached hydrogens (tertiary/aromatic N) is 4. The molecule has 0 spiro atoms. The molecule has 0 bridgehead atoms. The summed E-state index contributed by atoms with van der Waals surface area (Å²) in [6.45, 7) is 8.62. The first-order chi connectivity index (χ1) is 17.8. The SMILES string of the molecule is COC(=O)[C@@H](Oc1nc(OC)cc(OC)n1)C(C)C.COc1cc(OC)nc(O[C@](C)(C(=O)O)C(C)C)n1. The molecule has 0 unspecified atom stereocenters. The summed E-state index contributed by atoms with van der Waals surface area (Å²) >= 11 is 0. The molecular formula is C24H36N4O10. The summed E-state index contributed by atoms with van der Waals surface area (Å²) in [7, 11) is 7.10. The fourth-order valence-electron chi connectivity index (χ4n) is 2.57. The molecule has 14 heteroatoms. The van der Waals surface area contributed by atoms with Crippen LogP contribution in [0.3, 0.4) is 0 Å². The predicted molar refractivity (Wildman–Crippen MR) is 133 cm³/mol. The van der Waals surface area contributed by atoms with Crippen molar-refractivity contribution in [1.82, 2.24) is 19.9 Å². The molecule has 2 rings (SSSR count). The topological polar surface area (TPSA) is 171 Å². The van der Waals surface area contributed by atoms with Crippen LogP contribution < -0.4 is 28.4 Å². The highest BCUT2D eigenvalue weighted by molar-refractivity contribution is 5.77. The Labute approximate surface area is 221 Å². The van der Waals surface area contributed by atoms with Gasteiger partial charge in [-0.15, -0.1) is 0 Å². The first-order valence-corrected chi connectivity index (χ1v) is 11.5. The van der Waals surface area contributed by atoms with Gasteiger partial charge in [-0.2, -0.15) is 19.9 Å². The standard InChI is InChI=1S/2C12H18N2O5/c1-7(2)12(3,10(15)16)19-11-13-8(17-4)6-9(14-11)18-5;1-7(2)10(11(15)18-5)19-12-13-8(16-3)6-9(14-12)17-4/h6-7H,1-5H3,(H,15,16);6-7,10H,1-5H3/t12-;10-/m00/s1. The van der Waals surface area contributed by atoms with Crippen LogP contribution in [0.1, 0.15) is 34.6 Å². The Morgan fingerprint density at radius 3 is 1.45 bits per heavy atom. The van der Waals surface area contributed by atoms with E-state index in [0.29, 0.717) is 0 Å². The number of carboxylic acids is 1. The van der Waals surface area contributed by atoms with E-state index in [-0.39, 0.29) is 47.4 Å². The maximum Gasteiger partial charge on any atom is 0.348 e. The molecule has 14 nitrogen and oxygen atoms in total. The Hall–Kier alpha value is -4.10. The third kappa shape index (κ3) is 8.78. The van der Waals surface area contributed by atoms with E-state index in [2.05, 4.69) is 24.7 Å². The lowest BCUT2D eigenvalue weighted by Gasteiger charge is -2.28. The number of aliphatic carboxylic acids is 1. The normalized spacial score (nSPS) is 12.8. The Bertz CT molecular complexity index is 1020. The monoisotopic (exact) mass is 540 g/mol. The van der Waals surface area contributed by atoms with Gasteiger partial charge in [-0.3, -0.25) is 0 Å². The molecule has 38 heavy (non-hydrogen) atoms. The highest BCUT2D eigenvalue weighted by Crippen LogP contribution is 2.26. The zero-order valence-electron chi connectivity index (χ0n) is 23.3. The second kappa shape index (κ2) is 14.6. The van der Waals surface area contributed by atoms with Gasteiger partial charge in [0.05, 0.1) is 47.7 Å². The maximum atomic E-state index is 11.6. The van der Waals surface area contributed by atoms with Crippen LogP contribution in [-0.2, 0) is 14.3 Å². The first-order valence-electron chi connectivity index (χ1n) is 11.5. The minimum Gasteiger partial charge on any atom is -0.481 e. The molecule has 0 saturated carbocycles. The Morgan fingerprint density at radius 1 is 0.763 bits per heavy atom. The van der Waals surface area contributed by atoms with Crippen LogP contribution in [0.5, 0.6) is 35.5 Å². The molecule has 0 saturated heterocycles. The number of carboxylic acid groups (broad SMARTS) is 1. The van der Waals surface area contributed by atoms with E-state index in [9.17, 15) is 14.7 Å². The maximum absolute atomic E-state index is 11.6. The van der Waals surface area contributed by atoms with Gasteiger partial charge in [0, 0.05) is 11.8 Å². The van der Waals surface area contributed by atoms with Crippen molar-refractivity contribution in [2.45, 2.75) is 46.3 Å². The predicted octanol–water partition coefficient (Wildman–Crippen LogP) is 2.44. The molecule has 0 aliphatic heterocycles. The van der Waals surface area contributed by atoms with Gasteiger partial charge in [0.2, 0.25) is 35.2 Å². The third-order valence-corrected chi connectivity index (χ3v) is 5.25. The Morgan fingerprint density at radius 2 is 1.16 bits per heavy atom. The number of hydrogen-bond acceptors (Lipinski definition) is 13. The molecule has 0 aromatic carbocycles. The van der Waals surface area contributed by atoms with Gasteiger partial charge < -0.3 is 38.3 Å². The van der Waals surface area contributed by atoms with Crippen LogP contribution in [0.25, 0.3) is 0 Å². The van der Waals surface area contributed by atoms with Crippen LogP contribution in [-0.4, -0.2) is 84.2 Å². The fourth-order valence-corrected chi connectivity index (χ4v) is 2.57. The van der Waals surface area contributed by atoms with Crippen molar-refractivity contribution in [3.05, 3.63) is 12.1 Å². The lowest BCUT2D eigenvalue weighted by Crippen LogP contribution is -2.46. The Kier molecular flexibility index (Phi) is 12.3. The number of rotatable bonds is 12. The molecule has 0 amide bonds. The Balaban J connectivity index is 0.000000380. The summed E-state index contributed by atoms with van der Waals surface area (Å²) in [5.41, 5.74) is -1.43. The minimum absolute atomic E-state index is 0.000278. The van der Waals surface area contributed by atoms with Gasteiger partial charge in [-0.05, 0) is 6.92 Å². The van der Waals surface area contributed by atoms with E-state index in [4.69, 9.17) is 28.4 Å². The smallest absolute Gasteiger partial charge is 0.348 e. The van der Waals surface area contributed by atoms with E-state index in [0.717, 1.165) is 0 Å². The van der Waals surface area contributed by atoms with Gasteiger partial charge in [-0.1, -0.05) is 27.7 Å². The van der Waals surface area contributed by atoms with Crippen molar-refractivity contribution in [3.8, 4) is 35.5 Å². The molecule has 1 N–H and O–H groups in total. The third-order valence-electron chi connectivity index (χ3n) is 5.25. The summed E-state index contributed by atoms with van der Waals surface area (Å²) in [6.07, 6.45) is -0.790. The fraction of sp³-hybridized carbons (Fsp3) is 0.583. The lowest BCUT2D eigenvalue weighted by atomic mass is 9.92. The molecule has 212 valence electrons. The number of ether oxygens (including phenoxy) is 7. The summed E-state index contributed by atoms with van der Waals surface area (Å²) < 4.78 is 35.5. The van der Waals surface area contributed by atoms with E-state index in [1.807, 2.05) is 13.8 Å². The molecule has 2 atom stereocenters. The van der Waals surface area contributed by atoms with E-state index < -0.39 is 23.6 Å². The van der Waals surface area contributed by atoms with Gasteiger partial charge in [0.1, 0.15) is 0 Å². The van der Waals surface area contributed by atoms with Crippen molar-refractivity contribution < 1.29 is 47.9 Å². The van der Waals surface area contributed by atoms with Crippen LogP contribution in [0.15, 0.2) is 12.1 Å². The number of aromatic nitrogens is 4. The lowest BCUT2D eigenvalue weighted by molar-refractivity contribution is -0.158. The van der Waals surface area contributed by atoms with Gasteiger partial charge >= 0.3 is 24.0 Å². The van der Waals surface area contributed by atoms with E-state index >= 15 is 0 Å². The molecular weight excluding hydrogens is 504 g/mol. The average molecular weight is 541 g/mol. The second-order valence-electron chi connectivity index (χ2n) is 8.45. The van der Waals surface area contributed by atoms with Gasteiger partial charge in [0.25, 0.3) is 0 Å². The molecule has 2 heterocycles. The number of esters is 1. The van der Waals surface area contributed by atoms with Crippen LogP contribution >= 0.6 is 0 Å². The molecule has 0 radical (unpaired) electrons. The second-order valence-corrected chi connectivity index (χ2v) is 8.45. The quantitative estimate of drug-likeness (QED) is 0.389. The number of hydrogen-bond donors (Lipinski definition) is 1. The van der Waals surface area contributed by atoms with Crippen molar-refractivity contribution in [1.29, 1.82) is 0 Å². The number of carbonyl (C=O) groups excluding carboxylic acids is 1. The van der Waals surface area contributed by atoms with Crippen molar-refractivity contribution in [2.75, 3.05) is 35.5 Å². The first kappa shape index (κ1) is 31.9. The van der Waals surface area contributed by atoms with Crippen molar-refractivity contribution >= 4 is 11.9 Å². The van der Waals surface area contributed by atoms with Gasteiger partial charge in [-0.25, -0.2) is 9.59 Å². The van der Waals surface area contributed by atoms with Crippen molar-refractivity contribution in [3.63, 3.8) is 0 Å². The molecule has 0 fully saturated rings. The minimum atomic E-state index is -1.43.